The molecule has 0 saturated carbocycles. The third kappa shape index (κ3) is 2.93. The van der Waals surface area contributed by atoms with Gasteiger partial charge in [0, 0.05) is 34.6 Å². The Bertz CT molecular complexity index is 1450. The minimum absolute atomic E-state index is 0.210. The molecule has 30 heavy (non-hydrogen) atoms. The largest absolute Gasteiger partial charge is 0.497 e. The molecule has 0 atom stereocenters. The van der Waals surface area contributed by atoms with E-state index in [0.29, 0.717) is 12.2 Å². The number of nitrogens with one attached hydrogen (secondary N) is 1. The van der Waals surface area contributed by atoms with Gasteiger partial charge < -0.3 is 20.0 Å². The number of hydrogen-bond donors (Lipinski definition) is 2. The summed E-state index contributed by atoms with van der Waals surface area (Å²) in [6, 6.07) is 17.9. The first-order chi connectivity index (χ1) is 14.7. The van der Waals surface area contributed by atoms with Crippen LogP contribution in [0.3, 0.4) is 0 Å². The van der Waals surface area contributed by atoms with Crippen LogP contribution in [-0.4, -0.2) is 28.2 Å². The Morgan fingerprint density at radius 3 is 2.80 bits per heavy atom. The maximum atomic E-state index is 13.0. The summed E-state index contributed by atoms with van der Waals surface area (Å²) in [5, 5.41) is 3.03. The molecule has 0 radical (unpaired) electrons. The second-order valence-electron chi connectivity index (χ2n) is 7.36. The van der Waals surface area contributed by atoms with Crippen molar-refractivity contribution < 1.29 is 4.74 Å². The van der Waals surface area contributed by atoms with Gasteiger partial charge >= 0.3 is 0 Å². The Labute approximate surface area is 172 Å². The van der Waals surface area contributed by atoms with Gasteiger partial charge in [0.15, 0.2) is 0 Å². The zero-order chi connectivity index (χ0) is 20.7. The molecular weight excluding hydrogens is 376 g/mol. The van der Waals surface area contributed by atoms with Crippen LogP contribution in [0.1, 0.15) is 6.42 Å². The number of nitrogens with zero attached hydrogens (tertiary/aromatic N) is 2. The number of aromatic nitrogens is 3. The number of fused-ring (bicyclic) bond motifs is 4. The van der Waals surface area contributed by atoms with Gasteiger partial charge in [0.25, 0.3) is 5.56 Å². The fraction of sp³-hybridized carbons (Fsp3) is 0.167. The third-order valence-electron chi connectivity index (χ3n) is 5.53. The summed E-state index contributed by atoms with van der Waals surface area (Å²) in [7, 11) is 1.64. The van der Waals surface area contributed by atoms with E-state index in [0.717, 1.165) is 57.0 Å². The number of benzene rings is 3. The van der Waals surface area contributed by atoms with Gasteiger partial charge in [-0.2, -0.15) is 0 Å². The van der Waals surface area contributed by atoms with Crippen molar-refractivity contribution in [2.24, 2.45) is 5.73 Å². The van der Waals surface area contributed by atoms with Crippen molar-refractivity contribution >= 4 is 32.7 Å². The summed E-state index contributed by atoms with van der Waals surface area (Å²) in [4.78, 5) is 20.9. The van der Waals surface area contributed by atoms with Gasteiger partial charge in [-0.3, -0.25) is 4.79 Å². The molecule has 0 fully saturated rings. The van der Waals surface area contributed by atoms with Crippen LogP contribution in [0.2, 0.25) is 0 Å². The van der Waals surface area contributed by atoms with Gasteiger partial charge in [0.2, 0.25) is 0 Å². The van der Waals surface area contributed by atoms with Crippen LogP contribution < -0.4 is 16.0 Å². The molecule has 0 unspecified atom stereocenters. The molecule has 3 N–H and O–H groups in total. The Hall–Kier alpha value is -3.64. The van der Waals surface area contributed by atoms with E-state index in [9.17, 15) is 4.79 Å². The van der Waals surface area contributed by atoms with E-state index in [-0.39, 0.29) is 5.56 Å². The maximum Gasteiger partial charge on any atom is 0.275 e. The first-order valence-corrected chi connectivity index (χ1v) is 9.98. The molecule has 0 spiro atoms. The van der Waals surface area contributed by atoms with Crippen LogP contribution in [0.15, 0.2) is 65.6 Å². The second kappa shape index (κ2) is 7.31. The minimum atomic E-state index is -0.210. The van der Waals surface area contributed by atoms with Gasteiger partial charge in [0.05, 0.1) is 18.1 Å². The molecule has 150 valence electrons. The maximum absolute atomic E-state index is 13.0. The average Bonchev–Trinajstić information content (AvgIpc) is 3.14. The summed E-state index contributed by atoms with van der Waals surface area (Å²) in [5.74, 6) is 0.739. The number of aromatic amines is 1. The molecular formula is C24H22N4O2. The summed E-state index contributed by atoms with van der Waals surface area (Å²) in [6.07, 6.45) is 2.84. The molecule has 2 heterocycles. The van der Waals surface area contributed by atoms with E-state index in [1.54, 1.807) is 7.11 Å². The quantitative estimate of drug-likeness (QED) is 0.437. The van der Waals surface area contributed by atoms with E-state index < -0.39 is 0 Å². The highest BCUT2D eigenvalue weighted by molar-refractivity contribution is 6.05. The number of methoxy groups -OCH3 is 1. The van der Waals surface area contributed by atoms with E-state index in [1.165, 1.54) is 0 Å². The zero-order valence-corrected chi connectivity index (χ0v) is 16.7. The van der Waals surface area contributed by atoms with E-state index in [4.69, 9.17) is 15.5 Å². The molecule has 3 aromatic carbocycles. The number of rotatable bonds is 5. The smallest absolute Gasteiger partial charge is 0.275 e. The van der Waals surface area contributed by atoms with Crippen LogP contribution in [0, 0.1) is 0 Å². The Balaban J connectivity index is 1.81. The summed E-state index contributed by atoms with van der Waals surface area (Å²) in [5.41, 5.74) is 9.25. The topological polar surface area (TPSA) is 85.9 Å². The van der Waals surface area contributed by atoms with Gasteiger partial charge in [0.1, 0.15) is 11.4 Å². The minimum Gasteiger partial charge on any atom is -0.497 e. The number of H-pyrrole nitrogens is 1. The predicted molar refractivity (Wildman–Crippen MR) is 121 cm³/mol. The van der Waals surface area contributed by atoms with Crippen molar-refractivity contribution in [3.8, 4) is 17.0 Å². The van der Waals surface area contributed by atoms with Crippen molar-refractivity contribution in [1.82, 2.24) is 14.5 Å². The van der Waals surface area contributed by atoms with Gasteiger partial charge in [-0.05, 0) is 42.6 Å². The van der Waals surface area contributed by atoms with Crippen molar-refractivity contribution in [3.63, 3.8) is 0 Å². The van der Waals surface area contributed by atoms with Crippen LogP contribution >= 0.6 is 0 Å². The van der Waals surface area contributed by atoms with Crippen molar-refractivity contribution in [1.29, 1.82) is 0 Å². The molecule has 6 heteroatoms. The molecule has 5 aromatic rings. The fourth-order valence-electron chi connectivity index (χ4n) is 4.04. The summed E-state index contributed by atoms with van der Waals surface area (Å²) < 4.78 is 7.56. The molecule has 2 aromatic heterocycles. The number of aryl methyl sites for hydroxylation is 1. The average molecular weight is 398 g/mol. The highest BCUT2D eigenvalue weighted by Gasteiger charge is 2.17. The Kier molecular flexibility index (Phi) is 4.48. The van der Waals surface area contributed by atoms with Crippen LogP contribution in [-0.2, 0) is 6.54 Å². The molecule has 0 aliphatic heterocycles. The highest BCUT2D eigenvalue weighted by Crippen LogP contribution is 2.32. The standard InChI is InChI=1S/C24H22N4O2/c1-30-16-8-10-21-18(13-16)19(14-28(21)12-4-11-25)23-24(29)26-20-9-7-15-5-2-3-6-17(15)22(20)27-23/h2-3,5-10,13-14H,4,11-12,25H2,1H3,(H,26,29). The van der Waals surface area contributed by atoms with Gasteiger partial charge in [-0.25, -0.2) is 4.98 Å². The summed E-state index contributed by atoms with van der Waals surface area (Å²) >= 11 is 0. The predicted octanol–water partition coefficient (Wildman–Crippen LogP) is 4.06. The molecule has 0 aliphatic rings. The first-order valence-electron chi connectivity index (χ1n) is 9.98. The molecule has 6 nitrogen and oxygen atoms in total. The lowest BCUT2D eigenvalue weighted by Gasteiger charge is -2.06. The van der Waals surface area contributed by atoms with Gasteiger partial charge in [-0.15, -0.1) is 0 Å². The van der Waals surface area contributed by atoms with Crippen molar-refractivity contribution in [2.45, 2.75) is 13.0 Å². The van der Waals surface area contributed by atoms with E-state index in [2.05, 4.69) is 9.55 Å². The van der Waals surface area contributed by atoms with E-state index in [1.807, 2.05) is 60.8 Å². The fourth-order valence-corrected chi connectivity index (χ4v) is 4.04. The lowest BCUT2D eigenvalue weighted by atomic mass is 10.1. The molecule has 0 amide bonds. The van der Waals surface area contributed by atoms with Crippen molar-refractivity contribution in [3.05, 3.63) is 71.1 Å². The van der Waals surface area contributed by atoms with Crippen LogP contribution in [0.25, 0.3) is 44.0 Å². The number of hydrogen-bond acceptors (Lipinski definition) is 4. The lowest BCUT2D eigenvalue weighted by molar-refractivity contribution is 0.415. The molecule has 0 bridgehead atoms. The SMILES string of the molecule is COc1ccc2c(c1)c(-c1nc3c(ccc4ccccc43)[nH]c1=O)cn2CCCN. The third-order valence-corrected chi connectivity index (χ3v) is 5.53. The van der Waals surface area contributed by atoms with E-state index >= 15 is 0 Å². The first kappa shape index (κ1) is 18.4. The molecule has 0 saturated heterocycles. The monoisotopic (exact) mass is 398 g/mol. The Morgan fingerprint density at radius 2 is 1.97 bits per heavy atom. The summed E-state index contributed by atoms with van der Waals surface area (Å²) in [6.45, 7) is 1.37. The highest BCUT2D eigenvalue weighted by atomic mass is 16.5. The normalized spacial score (nSPS) is 11.5. The van der Waals surface area contributed by atoms with Gasteiger partial charge in [-0.1, -0.05) is 30.3 Å². The number of ether oxygens (including phenoxy) is 1. The molecule has 5 rings (SSSR count). The second-order valence-corrected chi connectivity index (χ2v) is 7.36. The van der Waals surface area contributed by atoms with Crippen LogP contribution in [0.4, 0.5) is 0 Å². The Morgan fingerprint density at radius 1 is 1.10 bits per heavy atom. The molecule has 0 aliphatic carbocycles. The van der Waals surface area contributed by atoms with Crippen molar-refractivity contribution in [2.75, 3.05) is 13.7 Å². The van der Waals surface area contributed by atoms with Crippen LogP contribution in [0.5, 0.6) is 5.75 Å². The zero-order valence-electron chi connectivity index (χ0n) is 16.7. The number of nitrogens with two attached hydrogens (primary N) is 1. The lowest BCUT2D eigenvalue weighted by Crippen LogP contribution is -2.11.